The van der Waals surface area contributed by atoms with Crippen LogP contribution in [-0.2, 0) is 9.53 Å². The Hall–Kier alpha value is -3.32. The summed E-state index contributed by atoms with van der Waals surface area (Å²) in [5.41, 5.74) is 1.64. The highest BCUT2D eigenvalue weighted by Crippen LogP contribution is 2.41. The molecule has 4 rings (SSSR count). The van der Waals surface area contributed by atoms with Crippen molar-refractivity contribution >= 4 is 46.0 Å². The maximum atomic E-state index is 14.0. The van der Waals surface area contributed by atoms with Crippen LogP contribution in [0.5, 0.6) is 23.0 Å². The molecule has 0 amide bonds. The van der Waals surface area contributed by atoms with Gasteiger partial charge in [-0.15, -0.1) is 0 Å². The number of phenols is 1. The van der Waals surface area contributed by atoms with E-state index in [1.807, 2.05) is 42.5 Å². The molecule has 1 aliphatic heterocycles. The van der Waals surface area contributed by atoms with Crippen molar-refractivity contribution in [3.05, 3.63) is 76.0 Å². The number of esters is 1. The monoisotopic (exact) mass is 664 g/mol. The Labute approximate surface area is 243 Å². The van der Waals surface area contributed by atoms with Gasteiger partial charge >= 0.3 is 5.97 Å². The molecule has 1 aromatic heterocycles. The number of benzene rings is 2. The third-order valence-electron chi connectivity index (χ3n) is 5.98. The van der Waals surface area contributed by atoms with E-state index in [-0.39, 0.29) is 23.5 Å². The number of allylic oxidation sites excluding steroid dienone is 1. The number of carbonyl (C=O) groups is 1. The van der Waals surface area contributed by atoms with Gasteiger partial charge in [0.25, 0.3) is 5.56 Å². The summed E-state index contributed by atoms with van der Waals surface area (Å²) in [5, 5.41) is 10.3. The molecular formula is C28H29IN2O7S. The number of para-hydroxylation sites is 1. The van der Waals surface area contributed by atoms with Crippen LogP contribution in [-0.4, -0.2) is 42.6 Å². The molecular weight excluding hydrogens is 635 g/mol. The smallest absolute Gasteiger partial charge is 0.338 e. The van der Waals surface area contributed by atoms with Crippen LogP contribution in [0.4, 0.5) is 0 Å². The molecule has 0 spiro atoms. The summed E-state index contributed by atoms with van der Waals surface area (Å²) in [7, 11) is 1.54. The van der Waals surface area contributed by atoms with E-state index in [1.165, 1.54) is 23.0 Å². The van der Waals surface area contributed by atoms with Crippen LogP contribution in [0.2, 0.25) is 0 Å². The van der Waals surface area contributed by atoms with Crippen LogP contribution in [0.25, 0.3) is 6.08 Å². The molecule has 0 bridgehead atoms. The van der Waals surface area contributed by atoms with E-state index in [2.05, 4.69) is 4.99 Å². The molecule has 0 fully saturated rings. The minimum atomic E-state index is -0.849. The molecule has 2 aromatic carbocycles. The summed E-state index contributed by atoms with van der Waals surface area (Å²) in [6.07, 6.45) is 1.73. The van der Waals surface area contributed by atoms with Gasteiger partial charge < -0.3 is 24.1 Å². The van der Waals surface area contributed by atoms with Crippen molar-refractivity contribution in [2.45, 2.75) is 33.7 Å². The van der Waals surface area contributed by atoms with Gasteiger partial charge in [0.15, 0.2) is 27.8 Å². The van der Waals surface area contributed by atoms with Crippen molar-refractivity contribution in [2.75, 3.05) is 26.9 Å². The minimum absolute atomic E-state index is 0.0484. The van der Waals surface area contributed by atoms with Gasteiger partial charge in [-0.3, -0.25) is 9.36 Å². The highest BCUT2D eigenvalue weighted by atomic mass is 127. The molecule has 3 aromatic rings. The Kier molecular flexibility index (Phi) is 9.01. The van der Waals surface area contributed by atoms with E-state index >= 15 is 0 Å². The van der Waals surface area contributed by atoms with E-state index in [1.54, 1.807) is 44.2 Å². The van der Waals surface area contributed by atoms with Gasteiger partial charge in [0, 0.05) is 5.56 Å². The first-order chi connectivity index (χ1) is 18.7. The number of halogens is 1. The largest absolute Gasteiger partial charge is 0.504 e. The molecule has 0 radical (unpaired) electrons. The molecule has 206 valence electrons. The second-order valence-electron chi connectivity index (χ2n) is 8.40. The normalized spacial score (nSPS) is 15.0. The Bertz CT molecular complexity index is 1620. The molecule has 11 heteroatoms. The zero-order chi connectivity index (χ0) is 28.3. The number of aromatic nitrogens is 1. The highest BCUT2D eigenvalue weighted by Gasteiger charge is 2.36. The quantitative estimate of drug-likeness (QED) is 0.273. The summed E-state index contributed by atoms with van der Waals surface area (Å²) in [6.45, 7) is 8.05. The fraction of sp³-hybridized carbons (Fsp3) is 0.321. The fourth-order valence-corrected chi connectivity index (χ4v) is 6.06. The maximum absolute atomic E-state index is 14.0. The number of methoxy groups -OCH3 is 1. The number of hydrogen-bond donors (Lipinski definition) is 1. The predicted molar refractivity (Wildman–Crippen MR) is 157 cm³/mol. The van der Waals surface area contributed by atoms with Crippen LogP contribution < -0.4 is 29.1 Å². The summed E-state index contributed by atoms with van der Waals surface area (Å²) in [5.74, 6) is 0.744. The van der Waals surface area contributed by atoms with Crippen LogP contribution in [0.1, 0.15) is 44.9 Å². The van der Waals surface area contributed by atoms with E-state index in [0.717, 1.165) is 0 Å². The molecule has 0 unspecified atom stereocenters. The van der Waals surface area contributed by atoms with Crippen molar-refractivity contribution in [1.29, 1.82) is 0 Å². The molecule has 2 heterocycles. The summed E-state index contributed by atoms with van der Waals surface area (Å²) in [4.78, 5) is 32.3. The van der Waals surface area contributed by atoms with E-state index < -0.39 is 12.0 Å². The van der Waals surface area contributed by atoms with Gasteiger partial charge in [0.1, 0.15) is 6.04 Å². The van der Waals surface area contributed by atoms with Gasteiger partial charge in [-0.25, -0.2) is 9.79 Å². The van der Waals surface area contributed by atoms with Crippen molar-refractivity contribution in [2.24, 2.45) is 4.99 Å². The molecule has 1 N–H and O–H groups in total. The molecule has 1 aliphatic rings. The Morgan fingerprint density at radius 3 is 2.56 bits per heavy atom. The molecule has 0 saturated carbocycles. The number of thiazole rings is 1. The zero-order valence-electron chi connectivity index (χ0n) is 22.2. The number of fused-ring (bicyclic) bond motifs is 1. The topological polar surface area (TPSA) is 109 Å². The average Bonchev–Trinajstić information content (AvgIpc) is 3.20. The van der Waals surface area contributed by atoms with Gasteiger partial charge in [-0.1, -0.05) is 23.5 Å². The summed E-state index contributed by atoms with van der Waals surface area (Å²) < 4.78 is 25.0. The first-order valence-electron chi connectivity index (χ1n) is 12.4. The lowest BCUT2D eigenvalue weighted by molar-refractivity contribution is -0.139. The Morgan fingerprint density at radius 1 is 1.15 bits per heavy atom. The van der Waals surface area contributed by atoms with Crippen LogP contribution in [0.15, 0.2) is 51.4 Å². The summed E-state index contributed by atoms with van der Waals surface area (Å²) in [6, 6.07) is 7.96. The third kappa shape index (κ3) is 5.55. The second-order valence-corrected chi connectivity index (χ2v) is 10.6. The molecule has 1 atom stereocenters. The van der Waals surface area contributed by atoms with Gasteiger partial charge in [-0.2, -0.15) is 0 Å². The lowest BCUT2D eigenvalue weighted by Crippen LogP contribution is -2.40. The number of hydrogen-bond acceptors (Lipinski definition) is 9. The van der Waals surface area contributed by atoms with Crippen molar-refractivity contribution in [3.8, 4) is 23.0 Å². The average molecular weight is 665 g/mol. The predicted octanol–water partition coefficient (Wildman–Crippen LogP) is 3.91. The number of carbonyl (C=O) groups excluding carboxylic acids is 1. The van der Waals surface area contributed by atoms with Gasteiger partial charge in [-0.05, 0) is 80.1 Å². The van der Waals surface area contributed by atoms with Crippen molar-refractivity contribution in [1.82, 2.24) is 4.57 Å². The minimum Gasteiger partial charge on any atom is -0.504 e. The lowest BCUT2D eigenvalue weighted by Gasteiger charge is -2.26. The first-order valence-corrected chi connectivity index (χ1v) is 14.3. The molecule has 9 nitrogen and oxygen atoms in total. The lowest BCUT2D eigenvalue weighted by atomic mass is 9.94. The van der Waals surface area contributed by atoms with Gasteiger partial charge in [0.05, 0.1) is 46.3 Å². The Morgan fingerprint density at radius 2 is 1.90 bits per heavy atom. The van der Waals surface area contributed by atoms with E-state index in [9.17, 15) is 14.7 Å². The van der Waals surface area contributed by atoms with Gasteiger partial charge in [0.2, 0.25) is 0 Å². The Balaban J connectivity index is 2.00. The third-order valence-corrected chi connectivity index (χ3v) is 7.78. The SMILES string of the molecule is CCOC(=O)C1=C(C)N=c2s/c(=C/c3cc(I)c(O)c(OCC)c3)c(=O)n2[C@H]1c1cccc(OC)c1OCC. The van der Waals surface area contributed by atoms with Crippen LogP contribution in [0.3, 0.4) is 0 Å². The molecule has 0 aliphatic carbocycles. The number of rotatable bonds is 9. The maximum Gasteiger partial charge on any atom is 0.338 e. The zero-order valence-corrected chi connectivity index (χ0v) is 25.2. The molecule has 39 heavy (non-hydrogen) atoms. The van der Waals surface area contributed by atoms with Crippen LogP contribution >= 0.6 is 33.9 Å². The first kappa shape index (κ1) is 28.7. The number of phenolic OH excluding ortho intramolecular Hbond substituents is 1. The van der Waals surface area contributed by atoms with Crippen LogP contribution in [0, 0.1) is 3.57 Å². The van der Waals surface area contributed by atoms with Crippen molar-refractivity contribution in [3.63, 3.8) is 0 Å². The van der Waals surface area contributed by atoms with E-state index in [4.69, 9.17) is 18.9 Å². The molecule has 0 saturated heterocycles. The van der Waals surface area contributed by atoms with E-state index in [0.29, 0.717) is 60.2 Å². The summed E-state index contributed by atoms with van der Waals surface area (Å²) >= 11 is 3.23. The number of aromatic hydroxyl groups is 1. The highest BCUT2D eigenvalue weighted by molar-refractivity contribution is 14.1. The van der Waals surface area contributed by atoms with Crippen molar-refractivity contribution < 1.29 is 28.8 Å². The number of nitrogens with zero attached hydrogens (tertiary/aromatic N) is 2. The second kappa shape index (κ2) is 12.2. The fourth-order valence-electron chi connectivity index (χ4n) is 4.39. The number of ether oxygens (including phenoxy) is 4. The standard InChI is InChI=1S/C28H29IN2O7S/c1-6-36-20-13-16(12-18(29)24(20)32)14-21-26(33)31-23(17-10-9-11-19(35-5)25(17)37-7-2)22(27(34)38-8-3)15(4)30-28(31)39-21/h9-14,23,32H,6-8H2,1-5H3/b21-14+/t23-/m0/s1.